The van der Waals surface area contributed by atoms with Gasteiger partial charge in [-0.05, 0) is 20.0 Å². The van der Waals surface area contributed by atoms with E-state index in [0.717, 1.165) is 0 Å². The summed E-state index contributed by atoms with van der Waals surface area (Å²) in [6, 6.07) is 0. The Morgan fingerprint density at radius 1 is 1.89 bits per heavy atom. The minimum Gasteiger partial charge on any atom is -0.320 e. The van der Waals surface area contributed by atoms with Crippen molar-refractivity contribution in [1.29, 1.82) is 0 Å². The third-order valence-electron chi connectivity index (χ3n) is 0.840. The van der Waals surface area contributed by atoms with E-state index in [9.17, 15) is 4.21 Å². The Morgan fingerprint density at radius 3 is 2.78 bits per heavy atom. The lowest BCUT2D eigenvalue weighted by atomic mass is 10.5. The van der Waals surface area contributed by atoms with Gasteiger partial charge in [0.2, 0.25) is 0 Å². The maximum atomic E-state index is 10.2. The van der Waals surface area contributed by atoms with E-state index in [-0.39, 0.29) is 0 Å². The fraction of sp³-hybridized carbons (Fsp3) is 1.00. The topological polar surface area (TPSA) is 49.3 Å². The molecule has 2 atom stereocenters. The number of halogens is 1. The Labute approximate surface area is 62.1 Å². The average Bonchev–Trinajstić information content (AvgIpc) is 1.82. The molecule has 0 spiro atoms. The van der Waals surface area contributed by atoms with Gasteiger partial charge >= 0.3 is 0 Å². The molecule has 0 radical (unpaired) electrons. The molecule has 56 valence electrons. The van der Waals surface area contributed by atoms with Crippen molar-refractivity contribution in [3.05, 3.63) is 0 Å². The van der Waals surface area contributed by atoms with Crippen LogP contribution in [0.2, 0.25) is 0 Å². The largest absolute Gasteiger partial charge is 0.320 e. The molecule has 3 nitrogen and oxygen atoms in total. The Kier molecular flexibility index (Phi) is 5.38. The van der Waals surface area contributed by atoms with E-state index in [4.69, 9.17) is 16.2 Å². The second kappa shape index (κ2) is 5.17. The van der Waals surface area contributed by atoms with Gasteiger partial charge < -0.3 is 9.87 Å². The summed E-state index contributed by atoms with van der Waals surface area (Å²) in [4.78, 5) is 0. The van der Waals surface area contributed by atoms with Crippen molar-refractivity contribution < 1.29 is 8.76 Å². The van der Waals surface area contributed by atoms with Crippen molar-refractivity contribution in [2.45, 2.75) is 11.1 Å². The van der Waals surface area contributed by atoms with Crippen molar-refractivity contribution in [3.63, 3.8) is 0 Å². The van der Waals surface area contributed by atoms with E-state index in [1.54, 1.807) is 7.05 Å². The molecule has 2 unspecified atom stereocenters. The van der Waals surface area contributed by atoms with E-state index in [1.165, 1.54) is 0 Å². The first-order chi connectivity index (χ1) is 4.18. The third-order valence-corrected chi connectivity index (χ3v) is 2.19. The van der Waals surface area contributed by atoms with Crippen LogP contribution in [0.1, 0.15) is 6.42 Å². The number of nitrogens with one attached hydrogen (secondary N) is 1. The first-order valence-electron chi connectivity index (χ1n) is 2.56. The highest BCUT2D eigenvalue weighted by molar-refractivity contribution is 7.81. The van der Waals surface area contributed by atoms with E-state index < -0.39 is 15.8 Å². The van der Waals surface area contributed by atoms with E-state index >= 15 is 0 Å². The van der Waals surface area contributed by atoms with Gasteiger partial charge in [-0.1, -0.05) is 0 Å². The first-order valence-corrected chi connectivity index (χ1v) is 4.17. The molecule has 0 saturated heterocycles. The predicted octanol–water partition coefficient (Wildman–Crippen LogP) is 0.382. The van der Waals surface area contributed by atoms with Crippen LogP contribution in [0.3, 0.4) is 0 Å². The zero-order chi connectivity index (χ0) is 7.28. The molecule has 0 aliphatic rings. The maximum Gasteiger partial charge on any atom is 0.171 e. The molecule has 0 fully saturated rings. The van der Waals surface area contributed by atoms with Crippen LogP contribution in [0.15, 0.2) is 0 Å². The standard InChI is InChI=1S/C4H10ClNO2S/c1-6-3-2-4(5)9(7)8/h4,6H,2-3H2,1H3,(H,7,8). The highest BCUT2D eigenvalue weighted by Gasteiger charge is 2.08. The van der Waals surface area contributed by atoms with Crippen LogP contribution in [0.25, 0.3) is 0 Å². The minimum absolute atomic E-state index is 0.515. The smallest absolute Gasteiger partial charge is 0.171 e. The van der Waals surface area contributed by atoms with Crippen molar-refractivity contribution in [2.75, 3.05) is 13.6 Å². The van der Waals surface area contributed by atoms with Gasteiger partial charge in [0.25, 0.3) is 0 Å². The summed E-state index contributed by atoms with van der Waals surface area (Å²) in [5, 5.41) is 2.82. The number of hydrogen-bond acceptors (Lipinski definition) is 2. The monoisotopic (exact) mass is 171 g/mol. The molecule has 0 saturated carbocycles. The Hall–Kier alpha value is 0.360. The van der Waals surface area contributed by atoms with Crippen molar-refractivity contribution in [3.8, 4) is 0 Å². The summed E-state index contributed by atoms with van der Waals surface area (Å²) in [7, 11) is 1.77. The number of rotatable bonds is 4. The summed E-state index contributed by atoms with van der Waals surface area (Å²) in [6.07, 6.45) is 0.515. The van der Waals surface area contributed by atoms with Crippen LogP contribution in [0.4, 0.5) is 0 Å². The highest BCUT2D eigenvalue weighted by atomic mass is 35.5. The number of hydrogen-bond donors (Lipinski definition) is 2. The lowest BCUT2D eigenvalue weighted by molar-refractivity contribution is 0.555. The van der Waals surface area contributed by atoms with Gasteiger partial charge in [0.05, 0.1) is 0 Å². The fourth-order valence-corrected chi connectivity index (χ4v) is 0.787. The fourth-order valence-electron chi connectivity index (χ4n) is 0.359. The minimum atomic E-state index is -1.89. The average molecular weight is 172 g/mol. The van der Waals surface area contributed by atoms with Gasteiger partial charge in [-0.25, -0.2) is 4.21 Å². The van der Waals surface area contributed by atoms with Gasteiger partial charge in [0.15, 0.2) is 11.1 Å². The van der Waals surface area contributed by atoms with E-state index in [2.05, 4.69) is 5.32 Å². The first kappa shape index (κ1) is 9.36. The van der Waals surface area contributed by atoms with Gasteiger partial charge in [-0.2, -0.15) is 0 Å². The lowest BCUT2D eigenvalue weighted by Gasteiger charge is -2.01. The summed E-state index contributed by atoms with van der Waals surface area (Å²) < 4.78 is 17.9. The van der Waals surface area contributed by atoms with E-state index in [0.29, 0.717) is 13.0 Å². The van der Waals surface area contributed by atoms with E-state index in [1.807, 2.05) is 0 Å². The van der Waals surface area contributed by atoms with Crippen molar-refractivity contribution >= 4 is 22.7 Å². The summed E-state index contributed by atoms with van der Waals surface area (Å²) >= 11 is 3.52. The molecule has 9 heavy (non-hydrogen) atoms. The lowest BCUT2D eigenvalue weighted by Crippen LogP contribution is -2.16. The molecule has 0 aromatic carbocycles. The molecule has 0 rings (SSSR count). The molecule has 0 aromatic heterocycles. The van der Waals surface area contributed by atoms with Crippen LogP contribution in [0, 0.1) is 0 Å². The van der Waals surface area contributed by atoms with Crippen LogP contribution in [-0.4, -0.2) is 27.1 Å². The molecule has 2 N–H and O–H groups in total. The van der Waals surface area contributed by atoms with Gasteiger partial charge in [-0.3, -0.25) is 0 Å². The highest BCUT2D eigenvalue weighted by Crippen LogP contribution is 2.03. The van der Waals surface area contributed by atoms with Gasteiger partial charge in [0.1, 0.15) is 4.71 Å². The summed E-state index contributed by atoms with van der Waals surface area (Å²) in [5.41, 5.74) is 0. The predicted molar refractivity (Wildman–Crippen MR) is 39.0 cm³/mol. The molecule has 0 aliphatic carbocycles. The SMILES string of the molecule is CNCCC(Cl)S(=O)O. The Morgan fingerprint density at radius 2 is 2.44 bits per heavy atom. The third kappa shape index (κ3) is 4.84. The summed E-state index contributed by atoms with van der Waals surface area (Å²) in [5.74, 6) is 0. The Balaban J connectivity index is 3.27. The molecular weight excluding hydrogens is 162 g/mol. The molecule has 0 aliphatic heterocycles. The second-order valence-electron chi connectivity index (χ2n) is 1.58. The molecule has 0 heterocycles. The summed E-state index contributed by atoms with van der Waals surface area (Å²) in [6.45, 7) is 0.667. The molecule has 0 aromatic rings. The quantitative estimate of drug-likeness (QED) is 0.475. The maximum absolute atomic E-state index is 10.2. The van der Waals surface area contributed by atoms with Crippen LogP contribution < -0.4 is 5.32 Å². The molecular formula is C4H10ClNO2S. The molecule has 0 amide bonds. The second-order valence-corrected chi connectivity index (χ2v) is 3.49. The van der Waals surface area contributed by atoms with Crippen LogP contribution in [-0.2, 0) is 11.1 Å². The van der Waals surface area contributed by atoms with Crippen LogP contribution in [0.5, 0.6) is 0 Å². The zero-order valence-electron chi connectivity index (χ0n) is 5.13. The molecule has 5 heteroatoms. The Bertz CT molecular complexity index is 101. The van der Waals surface area contributed by atoms with Gasteiger partial charge in [0, 0.05) is 0 Å². The van der Waals surface area contributed by atoms with Gasteiger partial charge in [-0.15, -0.1) is 11.6 Å². The molecule has 0 bridgehead atoms. The normalized spacial score (nSPS) is 17.2. The number of alkyl halides is 1. The van der Waals surface area contributed by atoms with Crippen molar-refractivity contribution in [2.24, 2.45) is 0 Å². The zero-order valence-corrected chi connectivity index (χ0v) is 6.71. The van der Waals surface area contributed by atoms with Crippen molar-refractivity contribution in [1.82, 2.24) is 5.32 Å². The van der Waals surface area contributed by atoms with Crippen LogP contribution >= 0.6 is 11.6 Å².